The number of hydrogen-bond donors (Lipinski definition) is 1. The van der Waals surface area contributed by atoms with Crippen LogP contribution in [0.5, 0.6) is 0 Å². The summed E-state index contributed by atoms with van der Waals surface area (Å²) in [6, 6.07) is 0. The van der Waals surface area contributed by atoms with E-state index in [1.54, 1.807) is 10.8 Å². The van der Waals surface area contributed by atoms with Crippen molar-refractivity contribution in [3.05, 3.63) is 0 Å². The molecular weight excluding hydrogens is 111 g/mol. The van der Waals surface area contributed by atoms with Gasteiger partial charge in [-0.15, -0.1) is 11.7 Å². The van der Waals surface area contributed by atoms with Crippen molar-refractivity contribution in [2.75, 3.05) is 5.75 Å². The van der Waals surface area contributed by atoms with Gasteiger partial charge >= 0.3 is 0 Å². The monoisotopic (exact) mass is 120 g/mol. The molecule has 0 atom stereocenters. The van der Waals surface area contributed by atoms with Crippen LogP contribution < -0.4 is 0 Å². The molecule has 0 unspecified atom stereocenters. The first-order chi connectivity index (χ1) is 2.91. The largest absolute Gasteiger partial charge is 0.111 e. The highest BCUT2D eigenvalue weighted by atomic mass is 33.1. The average Bonchev–Trinajstić information content (AvgIpc) is 1.61. The van der Waals surface area contributed by atoms with E-state index in [4.69, 9.17) is 0 Å². The fraction of sp³-hybridized carbons (Fsp3) is 1.00. The van der Waals surface area contributed by atoms with Crippen molar-refractivity contribution in [1.82, 2.24) is 0 Å². The van der Waals surface area contributed by atoms with Crippen molar-refractivity contribution in [1.29, 1.82) is 0 Å². The van der Waals surface area contributed by atoms with Gasteiger partial charge in [0, 0.05) is 5.75 Å². The summed E-state index contributed by atoms with van der Waals surface area (Å²) in [6.45, 7) is 0. The lowest BCUT2D eigenvalue weighted by Gasteiger charge is -1.85. The van der Waals surface area contributed by atoms with Crippen LogP contribution >= 0.6 is 22.5 Å². The fourth-order valence-electron chi connectivity index (χ4n) is 0.209. The van der Waals surface area contributed by atoms with Gasteiger partial charge in [0.2, 0.25) is 0 Å². The minimum absolute atomic E-state index is 1.19. The molecule has 0 heterocycles. The first kappa shape index (κ1) is 6.76. The fourth-order valence-corrected chi connectivity index (χ4v) is 1.01. The second-order valence-corrected chi connectivity index (χ2v) is 2.63. The maximum Gasteiger partial charge on any atom is 0.101 e. The van der Waals surface area contributed by atoms with Crippen molar-refractivity contribution in [2.45, 2.75) is 12.7 Å². The van der Waals surface area contributed by atoms with E-state index >= 15 is 0 Å². The molecule has 0 aromatic carbocycles. The van der Waals surface area contributed by atoms with E-state index < -0.39 is 0 Å². The molecule has 0 amide bonds. The Labute approximate surface area is 49.3 Å². The molecule has 6 heavy (non-hydrogen) atoms. The molecule has 0 aromatic heterocycles. The molecule has 3 heteroatoms. The normalized spacial score (nSPS) is 8.83. The highest BCUT2D eigenvalue weighted by molar-refractivity contribution is 8.68. The Morgan fingerprint density at radius 3 is 2.50 bits per heavy atom. The van der Waals surface area contributed by atoms with Gasteiger partial charge in [-0.2, -0.15) is 0 Å². The molecule has 0 rings (SSSR count). The lowest BCUT2D eigenvalue weighted by Crippen LogP contribution is -1.71. The van der Waals surface area contributed by atoms with Crippen LogP contribution in [-0.4, -0.2) is 13.6 Å². The SMILES string of the molecule is BCCCSS. The van der Waals surface area contributed by atoms with Crippen LogP contribution in [0.25, 0.3) is 0 Å². The van der Waals surface area contributed by atoms with Gasteiger partial charge in [-0.05, 0) is 0 Å². The summed E-state index contributed by atoms with van der Waals surface area (Å²) in [5.41, 5.74) is 0. The lowest BCUT2D eigenvalue weighted by atomic mass is 10.0. The van der Waals surface area contributed by atoms with Gasteiger partial charge < -0.3 is 0 Å². The second-order valence-electron chi connectivity index (χ2n) is 1.19. The Balaban J connectivity index is 2.34. The maximum absolute atomic E-state index is 3.97. The summed E-state index contributed by atoms with van der Waals surface area (Å²) in [6.07, 6.45) is 2.59. The smallest absolute Gasteiger partial charge is 0.101 e. The van der Waals surface area contributed by atoms with E-state index in [0.29, 0.717) is 0 Å². The van der Waals surface area contributed by atoms with E-state index in [1.165, 1.54) is 18.5 Å². The van der Waals surface area contributed by atoms with Crippen molar-refractivity contribution in [3.63, 3.8) is 0 Å². The molecule has 0 radical (unpaired) electrons. The molecule has 0 fully saturated rings. The van der Waals surface area contributed by atoms with Gasteiger partial charge in [-0.1, -0.05) is 23.5 Å². The molecule has 0 saturated carbocycles. The summed E-state index contributed by atoms with van der Waals surface area (Å²) >= 11 is 3.97. The highest BCUT2D eigenvalue weighted by Crippen LogP contribution is 2.06. The minimum Gasteiger partial charge on any atom is -0.111 e. The summed E-state index contributed by atoms with van der Waals surface area (Å²) in [4.78, 5) is 0. The number of thiol groups is 1. The molecular formula is C3H9BS2. The molecule has 0 aromatic rings. The molecule has 0 N–H and O–H groups in total. The predicted octanol–water partition coefficient (Wildman–Crippen LogP) is 1.01. The molecule has 0 aliphatic carbocycles. The van der Waals surface area contributed by atoms with Gasteiger partial charge in [0.25, 0.3) is 0 Å². The quantitative estimate of drug-likeness (QED) is 0.251. The van der Waals surface area contributed by atoms with Crippen molar-refractivity contribution in [3.8, 4) is 0 Å². The third-order valence-corrected chi connectivity index (χ3v) is 1.61. The number of rotatable bonds is 3. The summed E-state index contributed by atoms with van der Waals surface area (Å²) in [7, 11) is 3.81. The third-order valence-electron chi connectivity index (χ3n) is 0.589. The van der Waals surface area contributed by atoms with E-state index in [9.17, 15) is 0 Å². The molecule has 0 aliphatic rings. The van der Waals surface area contributed by atoms with Gasteiger partial charge in [0.05, 0.1) is 0 Å². The second kappa shape index (κ2) is 5.76. The first-order valence-electron chi connectivity index (χ1n) is 2.18. The Kier molecular flexibility index (Phi) is 6.50. The van der Waals surface area contributed by atoms with E-state index in [1.807, 2.05) is 0 Å². The summed E-state index contributed by atoms with van der Waals surface area (Å²) < 4.78 is 0. The summed E-state index contributed by atoms with van der Waals surface area (Å²) in [5, 5.41) is 0. The molecule has 0 saturated heterocycles. The standard InChI is InChI=1S/C3H9BS2/c4-2-1-3-6-5/h5H,1-4H2. The van der Waals surface area contributed by atoms with Crippen LogP contribution in [0.2, 0.25) is 6.32 Å². The minimum atomic E-state index is 1.19. The summed E-state index contributed by atoms with van der Waals surface area (Å²) in [5.74, 6) is 1.19. The Morgan fingerprint density at radius 2 is 2.33 bits per heavy atom. The van der Waals surface area contributed by atoms with Gasteiger partial charge in [-0.3, -0.25) is 0 Å². The lowest BCUT2D eigenvalue weighted by molar-refractivity contribution is 1.10. The Bertz CT molecular complexity index is 20.8. The zero-order valence-corrected chi connectivity index (χ0v) is 5.69. The maximum atomic E-state index is 3.97. The molecule has 0 aliphatic heterocycles. The van der Waals surface area contributed by atoms with Gasteiger partial charge in [0.15, 0.2) is 0 Å². The van der Waals surface area contributed by atoms with E-state index in [-0.39, 0.29) is 0 Å². The van der Waals surface area contributed by atoms with Crippen LogP contribution in [-0.2, 0) is 0 Å². The van der Waals surface area contributed by atoms with Gasteiger partial charge in [0.1, 0.15) is 7.85 Å². The Morgan fingerprint density at radius 1 is 1.67 bits per heavy atom. The Hall–Kier alpha value is 0.765. The average molecular weight is 120 g/mol. The van der Waals surface area contributed by atoms with Crippen LogP contribution in [0, 0.1) is 0 Å². The van der Waals surface area contributed by atoms with Crippen molar-refractivity contribution in [2.24, 2.45) is 0 Å². The van der Waals surface area contributed by atoms with E-state index in [2.05, 4.69) is 19.5 Å². The van der Waals surface area contributed by atoms with Crippen LogP contribution in [0.4, 0.5) is 0 Å². The van der Waals surface area contributed by atoms with Crippen LogP contribution in [0.3, 0.4) is 0 Å². The first-order valence-corrected chi connectivity index (χ1v) is 4.22. The van der Waals surface area contributed by atoms with Crippen LogP contribution in [0.15, 0.2) is 0 Å². The van der Waals surface area contributed by atoms with Crippen molar-refractivity contribution >= 4 is 30.3 Å². The highest BCUT2D eigenvalue weighted by Gasteiger charge is 1.76. The van der Waals surface area contributed by atoms with Crippen LogP contribution in [0.1, 0.15) is 6.42 Å². The zero-order valence-electron chi connectivity index (χ0n) is 3.98. The number of hydrogen-bond acceptors (Lipinski definition) is 2. The third kappa shape index (κ3) is 4.76. The van der Waals surface area contributed by atoms with Gasteiger partial charge in [-0.25, -0.2) is 0 Å². The zero-order chi connectivity index (χ0) is 4.83. The van der Waals surface area contributed by atoms with Crippen molar-refractivity contribution < 1.29 is 0 Å². The molecule has 0 spiro atoms. The van der Waals surface area contributed by atoms with E-state index in [0.717, 1.165) is 0 Å². The molecule has 0 nitrogen and oxygen atoms in total. The topological polar surface area (TPSA) is 0 Å². The molecule has 36 valence electrons. The predicted molar refractivity (Wildman–Crippen MR) is 39.4 cm³/mol. The molecule has 0 bridgehead atoms.